The molecule has 4 heteroatoms. The smallest absolute Gasteiger partial charge is 0.305 e. The molecule has 0 atom stereocenters. The maximum Gasteiger partial charge on any atom is 0.305 e. The third-order valence-corrected chi connectivity index (χ3v) is 3.10. The van der Waals surface area contributed by atoms with Crippen molar-refractivity contribution in [3.05, 3.63) is 0 Å². The van der Waals surface area contributed by atoms with Gasteiger partial charge in [-0.2, -0.15) is 0 Å². The van der Waals surface area contributed by atoms with E-state index in [1.807, 2.05) is 18.7 Å². The molecule has 19 heavy (non-hydrogen) atoms. The molecule has 0 aliphatic rings. The van der Waals surface area contributed by atoms with Crippen LogP contribution in [-0.2, 0) is 14.3 Å². The number of hydrogen-bond acceptors (Lipinski definition) is 3. The van der Waals surface area contributed by atoms with Gasteiger partial charge in [-0.3, -0.25) is 9.59 Å². The van der Waals surface area contributed by atoms with Gasteiger partial charge in [0.1, 0.15) is 0 Å². The lowest BCUT2D eigenvalue weighted by Gasteiger charge is -2.18. The summed E-state index contributed by atoms with van der Waals surface area (Å²) in [5, 5.41) is 0. The van der Waals surface area contributed by atoms with Gasteiger partial charge in [0.05, 0.1) is 6.61 Å². The number of esters is 1. The predicted molar refractivity (Wildman–Crippen MR) is 76.8 cm³/mol. The van der Waals surface area contributed by atoms with Crippen molar-refractivity contribution >= 4 is 11.9 Å². The first-order valence-electron chi connectivity index (χ1n) is 7.44. The van der Waals surface area contributed by atoms with Gasteiger partial charge in [-0.25, -0.2) is 0 Å². The maximum absolute atomic E-state index is 11.7. The number of hydrogen-bond donors (Lipinski definition) is 0. The predicted octanol–water partition coefficient (Wildman–Crippen LogP) is 3.00. The van der Waals surface area contributed by atoms with Crippen molar-refractivity contribution in [2.24, 2.45) is 5.92 Å². The Balaban J connectivity index is 3.58. The van der Waals surface area contributed by atoms with E-state index in [4.69, 9.17) is 4.74 Å². The molecule has 0 aromatic carbocycles. The number of carbonyl (C=O) groups is 2. The van der Waals surface area contributed by atoms with Crippen LogP contribution in [-0.4, -0.2) is 36.5 Å². The molecule has 0 spiro atoms. The second-order valence-electron chi connectivity index (χ2n) is 5.18. The number of nitrogens with zero attached hydrogens (tertiary/aromatic N) is 1. The summed E-state index contributed by atoms with van der Waals surface area (Å²) < 4.78 is 5.12. The highest BCUT2D eigenvalue weighted by molar-refractivity contribution is 5.76. The van der Waals surface area contributed by atoms with E-state index in [-0.39, 0.29) is 11.9 Å². The van der Waals surface area contributed by atoms with Crippen LogP contribution in [0.15, 0.2) is 0 Å². The monoisotopic (exact) mass is 271 g/mol. The summed E-state index contributed by atoms with van der Waals surface area (Å²) in [5.41, 5.74) is 0. The molecule has 0 rings (SSSR count). The van der Waals surface area contributed by atoms with Crippen LogP contribution in [0.25, 0.3) is 0 Å². The van der Waals surface area contributed by atoms with Gasteiger partial charge < -0.3 is 9.64 Å². The third-order valence-electron chi connectivity index (χ3n) is 3.10. The lowest BCUT2D eigenvalue weighted by molar-refractivity contribution is -0.144. The first kappa shape index (κ1) is 17.9. The minimum absolute atomic E-state index is 0.143. The largest absolute Gasteiger partial charge is 0.466 e. The van der Waals surface area contributed by atoms with Crippen molar-refractivity contribution in [1.82, 2.24) is 4.90 Å². The third kappa shape index (κ3) is 9.51. The van der Waals surface area contributed by atoms with E-state index in [0.717, 1.165) is 32.4 Å². The van der Waals surface area contributed by atoms with Gasteiger partial charge in [-0.1, -0.05) is 13.8 Å². The van der Waals surface area contributed by atoms with Crippen molar-refractivity contribution in [2.45, 2.75) is 59.8 Å². The SMILES string of the molecule is CCN(CC)C(=O)CCCCC(=O)OCCC(C)C. The molecule has 0 unspecified atom stereocenters. The van der Waals surface area contributed by atoms with E-state index in [1.165, 1.54) is 0 Å². The molecule has 0 fully saturated rings. The summed E-state index contributed by atoms with van der Waals surface area (Å²) in [5.74, 6) is 0.591. The van der Waals surface area contributed by atoms with E-state index in [0.29, 0.717) is 25.4 Å². The Morgan fingerprint density at radius 2 is 1.63 bits per heavy atom. The molecule has 0 aromatic rings. The average Bonchev–Trinajstić information content (AvgIpc) is 2.35. The second-order valence-corrected chi connectivity index (χ2v) is 5.18. The highest BCUT2D eigenvalue weighted by Gasteiger charge is 2.09. The molecular formula is C15H29NO3. The lowest BCUT2D eigenvalue weighted by Crippen LogP contribution is -2.30. The molecule has 0 heterocycles. The van der Waals surface area contributed by atoms with E-state index < -0.39 is 0 Å². The maximum atomic E-state index is 11.7. The van der Waals surface area contributed by atoms with Crippen molar-refractivity contribution < 1.29 is 14.3 Å². The fourth-order valence-electron chi connectivity index (χ4n) is 1.76. The minimum atomic E-state index is -0.143. The Labute approximate surface area is 117 Å². The molecule has 4 nitrogen and oxygen atoms in total. The Morgan fingerprint density at radius 3 is 2.16 bits per heavy atom. The molecule has 0 saturated heterocycles. The van der Waals surface area contributed by atoms with Crippen LogP contribution in [0.2, 0.25) is 0 Å². The Kier molecular flexibility index (Phi) is 10.2. The van der Waals surface area contributed by atoms with E-state index in [9.17, 15) is 9.59 Å². The van der Waals surface area contributed by atoms with Gasteiger partial charge in [-0.15, -0.1) is 0 Å². The molecule has 1 amide bonds. The van der Waals surface area contributed by atoms with Crippen molar-refractivity contribution in [1.29, 1.82) is 0 Å². The van der Waals surface area contributed by atoms with Crippen LogP contribution in [0.4, 0.5) is 0 Å². The zero-order valence-corrected chi connectivity index (χ0v) is 12.9. The number of carbonyl (C=O) groups excluding carboxylic acids is 2. The molecule has 0 bridgehead atoms. The normalized spacial score (nSPS) is 10.6. The Hall–Kier alpha value is -1.06. The number of unbranched alkanes of at least 4 members (excludes halogenated alkanes) is 1. The van der Waals surface area contributed by atoms with Crippen LogP contribution in [0.1, 0.15) is 59.8 Å². The molecule has 0 aromatic heterocycles. The van der Waals surface area contributed by atoms with Crippen LogP contribution in [0.5, 0.6) is 0 Å². The molecular weight excluding hydrogens is 242 g/mol. The fraction of sp³-hybridized carbons (Fsp3) is 0.867. The zero-order valence-electron chi connectivity index (χ0n) is 12.9. The molecule has 112 valence electrons. The molecule has 0 saturated carbocycles. The number of amides is 1. The Morgan fingerprint density at radius 1 is 1.05 bits per heavy atom. The van der Waals surface area contributed by atoms with Crippen LogP contribution < -0.4 is 0 Å². The van der Waals surface area contributed by atoms with E-state index in [2.05, 4.69) is 13.8 Å². The quantitative estimate of drug-likeness (QED) is 0.453. The first-order valence-corrected chi connectivity index (χ1v) is 7.44. The van der Waals surface area contributed by atoms with Gasteiger partial charge in [0.25, 0.3) is 0 Å². The summed E-state index contributed by atoms with van der Waals surface area (Å²) in [4.78, 5) is 24.9. The Bertz CT molecular complexity index is 260. The summed E-state index contributed by atoms with van der Waals surface area (Å²) in [7, 11) is 0. The summed E-state index contributed by atoms with van der Waals surface area (Å²) in [6.07, 6.45) is 3.35. The number of rotatable bonds is 10. The van der Waals surface area contributed by atoms with Crippen molar-refractivity contribution in [2.75, 3.05) is 19.7 Å². The second kappa shape index (κ2) is 10.8. The van der Waals surface area contributed by atoms with Crippen LogP contribution in [0.3, 0.4) is 0 Å². The average molecular weight is 271 g/mol. The first-order chi connectivity index (χ1) is 9.01. The lowest BCUT2D eigenvalue weighted by atomic mass is 10.1. The minimum Gasteiger partial charge on any atom is -0.466 e. The van der Waals surface area contributed by atoms with Crippen molar-refractivity contribution in [3.8, 4) is 0 Å². The molecule has 0 aliphatic heterocycles. The highest BCUT2D eigenvalue weighted by atomic mass is 16.5. The van der Waals surface area contributed by atoms with E-state index >= 15 is 0 Å². The van der Waals surface area contributed by atoms with Gasteiger partial charge in [0, 0.05) is 25.9 Å². The highest BCUT2D eigenvalue weighted by Crippen LogP contribution is 2.06. The standard InChI is InChI=1S/C15H29NO3/c1-5-16(6-2)14(17)9-7-8-10-15(18)19-12-11-13(3)4/h13H,5-12H2,1-4H3. The van der Waals surface area contributed by atoms with Gasteiger partial charge in [-0.05, 0) is 39.0 Å². The van der Waals surface area contributed by atoms with Crippen molar-refractivity contribution in [3.63, 3.8) is 0 Å². The van der Waals surface area contributed by atoms with E-state index in [1.54, 1.807) is 0 Å². The molecule has 0 radical (unpaired) electrons. The zero-order chi connectivity index (χ0) is 14.7. The van der Waals surface area contributed by atoms with Crippen LogP contribution in [0, 0.1) is 5.92 Å². The fourth-order valence-corrected chi connectivity index (χ4v) is 1.76. The van der Waals surface area contributed by atoms with Gasteiger partial charge in [0.15, 0.2) is 0 Å². The number of ether oxygens (including phenoxy) is 1. The van der Waals surface area contributed by atoms with Gasteiger partial charge >= 0.3 is 5.97 Å². The topological polar surface area (TPSA) is 46.6 Å². The molecule has 0 N–H and O–H groups in total. The summed E-state index contributed by atoms with van der Waals surface area (Å²) in [6.45, 7) is 10.2. The molecule has 0 aliphatic carbocycles. The van der Waals surface area contributed by atoms with Gasteiger partial charge in [0.2, 0.25) is 5.91 Å². The van der Waals surface area contributed by atoms with Crippen LogP contribution >= 0.6 is 0 Å². The summed E-state index contributed by atoms with van der Waals surface area (Å²) >= 11 is 0. The summed E-state index contributed by atoms with van der Waals surface area (Å²) in [6, 6.07) is 0.